The van der Waals surface area contributed by atoms with E-state index in [1.807, 2.05) is 20.8 Å². The second-order valence-electron chi connectivity index (χ2n) is 10.7. The molecule has 2 aromatic rings. The van der Waals surface area contributed by atoms with Crippen molar-refractivity contribution in [3.05, 3.63) is 52.1 Å². The van der Waals surface area contributed by atoms with E-state index in [4.69, 9.17) is 9.47 Å². The molecule has 0 spiro atoms. The minimum absolute atomic E-state index is 0.243. The molecule has 3 aliphatic heterocycles. The highest BCUT2D eigenvalue weighted by Gasteiger charge is 2.47. The number of carbonyl (C=O) groups is 4. The van der Waals surface area contributed by atoms with E-state index in [1.54, 1.807) is 36.1 Å². The summed E-state index contributed by atoms with van der Waals surface area (Å²) in [5.74, 6) is 0.201. The van der Waals surface area contributed by atoms with Gasteiger partial charge in [-0.2, -0.15) is 0 Å². The lowest BCUT2D eigenvalue weighted by Crippen LogP contribution is -2.55. The van der Waals surface area contributed by atoms with Gasteiger partial charge in [0.1, 0.15) is 23.3 Å². The second-order valence-corrected chi connectivity index (χ2v) is 11.8. The number of imide groups is 1. The van der Waals surface area contributed by atoms with Gasteiger partial charge in [0.05, 0.1) is 5.25 Å². The van der Waals surface area contributed by atoms with E-state index in [2.05, 4.69) is 5.32 Å². The van der Waals surface area contributed by atoms with Gasteiger partial charge >= 0.3 is 5.97 Å². The highest BCUT2D eigenvalue weighted by atomic mass is 32.2. The molecule has 2 fully saturated rings. The van der Waals surface area contributed by atoms with Crippen LogP contribution in [0, 0.1) is 20.8 Å². The summed E-state index contributed by atoms with van der Waals surface area (Å²) in [4.78, 5) is 51.7. The minimum Gasteiger partial charge on any atom is -0.507 e. The van der Waals surface area contributed by atoms with Crippen molar-refractivity contribution < 1.29 is 33.8 Å². The van der Waals surface area contributed by atoms with Crippen LogP contribution in [0.25, 0.3) is 0 Å². The summed E-state index contributed by atoms with van der Waals surface area (Å²) in [6, 6.07) is 6.11. The number of rotatable bonds is 5. The molecule has 0 radical (unpaired) electrons. The van der Waals surface area contributed by atoms with Crippen LogP contribution in [0.2, 0.25) is 0 Å². The van der Waals surface area contributed by atoms with Gasteiger partial charge in [0.15, 0.2) is 5.60 Å². The summed E-state index contributed by atoms with van der Waals surface area (Å²) in [5.41, 5.74) is 2.94. The fourth-order valence-corrected chi connectivity index (χ4v) is 6.44. The Labute approximate surface area is 231 Å². The van der Waals surface area contributed by atoms with Crippen molar-refractivity contribution in [1.82, 2.24) is 10.2 Å². The van der Waals surface area contributed by atoms with E-state index in [9.17, 15) is 24.3 Å². The first-order valence-corrected chi connectivity index (χ1v) is 14.0. The summed E-state index contributed by atoms with van der Waals surface area (Å²) >= 11 is 0.970. The third-order valence-electron chi connectivity index (χ3n) is 8.09. The molecule has 0 bridgehead atoms. The lowest BCUT2D eigenvalue weighted by atomic mass is 9.86. The molecule has 2 N–H and O–H groups in total. The Kier molecular flexibility index (Phi) is 7.09. The number of hydrogen-bond acceptors (Lipinski definition) is 8. The molecule has 2 aromatic carbocycles. The Morgan fingerprint density at radius 2 is 1.87 bits per heavy atom. The predicted octanol–water partition coefficient (Wildman–Crippen LogP) is 3.89. The maximum absolute atomic E-state index is 13.8. The standard InChI is InChI=1S/C29H32N2O7S/c1-15-16(2)24-20(17(3)23(15)32)11-12-29(4,38-24)27(35)31-13-5-6-21(31)26(34)37-19-9-7-18(8-10-19)14-22-25(33)30-28(36)39-22/h7-10,21-22,32H,5-6,11-14H2,1-4H3,(H,30,33,36)/t21-,22?,29+/m0/s1. The molecular weight excluding hydrogens is 520 g/mol. The number of nitrogens with zero attached hydrogens (tertiary/aromatic N) is 1. The van der Waals surface area contributed by atoms with Crippen LogP contribution < -0.4 is 14.8 Å². The molecule has 0 aliphatic carbocycles. The SMILES string of the molecule is Cc1c(C)c2c(c(C)c1O)CC[C@](C)(C(=O)N1CCC[C@H]1C(=O)Oc1ccc(CC3SC(=O)NC3=O)cc1)O2. The summed E-state index contributed by atoms with van der Waals surface area (Å²) in [5, 5.41) is 11.9. The van der Waals surface area contributed by atoms with E-state index in [0.717, 1.165) is 39.6 Å². The Hall–Kier alpha value is -3.53. The maximum Gasteiger partial charge on any atom is 0.334 e. The van der Waals surface area contributed by atoms with Crippen molar-refractivity contribution in [3.63, 3.8) is 0 Å². The molecule has 1 unspecified atom stereocenters. The fourth-order valence-electron chi connectivity index (χ4n) is 5.58. The molecule has 39 heavy (non-hydrogen) atoms. The average Bonchev–Trinajstić information content (AvgIpc) is 3.52. The fraction of sp³-hybridized carbons (Fsp3) is 0.448. The number of ether oxygens (including phenoxy) is 2. The molecule has 0 aromatic heterocycles. The molecular formula is C29H32N2O7S. The van der Waals surface area contributed by atoms with Crippen LogP contribution in [-0.2, 0) is 27.2 Å². The van der Waals surface area contributed by atoms with Gasteiger partial charge in [0.25, 0.3) is 11.1 Å². The number of esters is 1. The molecule has 206 valence electrons. The smallest absolute Gasteiger partial charge is 0.334 e. The van der Waals surface area contributed by atoms with E-state index in [1.165, 1.54) is 0 Å². The van der Waals surface area contributed by atoms with Gasteiger partial charge in [0.2, 0.25) is 5.91 Å². The first-order chi connectivity index (χ1) is 18.5. The zero-order valence-electron chi connectivity index (χ0n) is 22.5. The molecule has 0 saturated carbocycles. The van der Waals surface area contributed by atoms with Gasteiger partial charge in [-0.15, -0.1) is 0 Å². The number of aromatic hydroxyl groups is 1. The zero-order chi connectivity index (χ0) is 28.1. The number of hydrogen-bond donors (Lipinski definition) is 2. The van der Waals surface area contributed by atoms with Crippen molar-refractivity contribution in [2.45, 2.75) is 76.7 Å². The predicted molar refractivity (Wildman–Crippen MR) is 145 cm³/mol. The van der Waals surface area contributed by atoms with Crippen LogP contribution in [-0.4, -0.2) is 56.5 Å². The van der Waals surface area contributed by atoms with Gasteiger partial charge in [-0.25, -0.2) is 4.79 Å². The van der Waals surface area contributed by atoms with Gasteiger partial charge in [-0.3, -0.25) is 19.7 Å². The summed E-state index contributed by atoms with van der Waals surface area (Å²) in [6.45, 7) is 7.78. The molecule has 3 aliphatic rings. The lowest BCUT2D eigenvalue weighted by Gasteiger charge is -2.39. The molecule has 2 saturated heterocycles. The Balaban J connectivity index is 1.26. The molecule has 3 atom stereocenters. The van der Waals surface area contributed by atoms with Crippen molar-refractivity contribution in [2.75, 3.05) is 6.54 Å². The van der Waals surface area contributed by atoms with Crippen LogP contribution in [0.3, 0.4) is 0 Å². The first kappa shape index (κ1) is 27.1. The number of nitrogens with one attached hydrogen (secondary N) is 1. The normalized spacial score (nSPS) is 24.3. The van der Waals surface area contributed by atoms with Crippen molar-refractivity contribution in [1.29, 1.82) is 0 Å². The summed E-state index contributed by atoms with van der Waals surface area (Å²) in [6.07, 6.45) is 2.60. The number of thioether (sulfide) groups is 1. The quantitative estimate of drug-likeness (QED) is 0.423. The number of likely N-dealkylation sites (tertiary alicyclic amines) is 1. The maximum atomic E-state index is 13.8. The van der Waals surface area contributed by atoms with Gasteiger partial charge < -0.3 is 19.5 Å². The number of phenols is 1. The Morgan fingerprint density at radius 1 is 1.15 bits per heavy atom. The number of amides is 3. The van der Waals surface area contributed by atoms with E-state index < -0.39 is 22.9 Å². The van der Waals surface area contributed by atoms with E-state index in [0.29, 0.717) is 50.1 Å². The van der Waals surface area contributed by atoms with Crippen molar-refractivity contribution in [3.8, 4) is 17.2 Å². The largest absolute Gasteiger partial charge is 0.507 e. The van der Waals surface area contributed by atoms with E-state index >= 15 is 0 Å². The molecule has 9 nitrogen and oxygen atoms in total. The minimum atomic E-state index is -1.13. The van der Waals surface area contributed by atoms with E-state index in [-0.39, 0.29) is 22.8 Å². The molecule has 10 heteroatoms. The van der Waals surface area contributed by atoms with Gasteiger partial charge in [0, 0.05) is 18.5 Å². The van der Waals surface area contributed by atoms with Gasteiger partial charge in [-0.1, -0.05) is 23.9 Å². The second kappa shape index (κ2) is 10.2. The summed E-state index contributed by atoms with van der Waals surface area (Å²) in [7, 11) is 0. The number of carbonyl (C=O) groups excluding carboxylic acids is 4. The molecule has 5 rings (SSSR count). The van der Waals surface area contributed by atoms with Crippen molar-refractivity contribution >= 4 is 34.8 Å². The van der Waals surface area contributed by atoms with Crippen LogP contribution in [0.15, 0.2) is 24.3 Å². The highest BCUT2D eigenvalue weighted by molar-refractivity contribution is 8.15. The van der Waals surface area contributed by atoms with Crippen LogP contribution in [0.4, 0.5) is 4.79 Å². The molecule has 3 heterocycles. The summed E-state index contributed by atoms with van der Waals surface area (Å²) < 4.78 is 12.0. The highest BCUT2D eigenvalue weighted by Crippen LogP contribution is 2.44. The third kappa shape index (κ3) is 4.97. The number of phenolic OH excluding ortho intramolecular Hbond substituents is 1. The molecule has 3 amide bonds. The third-order valence-corrected chi connectivity index (χ3v) is 9.07. The zero-order valence-corrected chi connectivity index (χ0v) is 23.3. The average molecular weight is 553 g/mol. The van der Waals surface area contributed by atoms with Crippen LogP contribution in [0.1, 0.15) is 54.0 Å². The van der Waals surface area contributed by atoms with Crippen LogP contribution in [0.5, 0.6) is 17.2 Å². The number of benzene rings is 2. The first-order valence-electron chi connectivity index (χ1n) is 13.1. The Morgan fingerprint density at radius 3 is 2.54 bits per heavy atom. The number of fused-ring (bicyclic) bond motifs is 1. The van der Waals surface area contributed by atoms with Crippen LogP contribution >= 0.6 is 11.8 Å². The van der Waals surface area contributed by atoms with Crippen molar-refractivity contribution in [2.24, 2.45) is 0 Å². The monoisotopic (exact) mass is 552 g/mol. The Bertz CT molecular complexity index is 1370. The topological polar surface area (TPSA) is 122 Å². The lowest BCUT2D eigenvalue weighted by molar-refractivity contribution is -0.155. The van der Waals surface area contributed by atoms with Gasteiger partial charge in [-0.05, 0) is 87.8 Å².